The lowest BCUT2D eigenvalue weighted by Gasteiger charge is -2.07. The summed E-state index contributed by atoms with van der Waals surface area (Å²) >= 11 is 1.18. The number of hydrogen-bond acceptors (Lipinski definition) is 7. The van der Waals surface area contributed by atoms with Crippen molar-refractivity contribution in [3.8, 4) is 11.5 Å². The van der Waals surface area contributed by atoms with Crippen LogP contribution < -0.4 is 10.2 Å². The van der Waals surface area contributed by atoms with Gasteiger partial charge in [-0.1, -0.05) is 30.0 Å². The normalized spacial score (nSPS) is 11.1. The zero-order chi connectivity index (χ0) is 18.4. The number of aromatic nitrogens is 1. The van der Waals surface area contributed by atoms with Gasteiger partial charge in [0.1, 0.15) is 5.52 Å². The topological polar surface area (TPSA) is 97.0 Å². The van der Waals surface area contributed by atoms with Gasteiger partial charge < -0.3 is 14.3 Å². The number of nitrogens with zero attached hydrogens (tertiary/aromatic N) is 2. The monoisotopic (exact) mass is 371 g/mol. The Hall–Kier alpha value is -3.00. The molecule has 8 heteroatoms. The quantitative estimate of drug-likeness (QED) is 0.376. The molecule has 134 valence electrons. The number of ether oxygens (including phenoxy) is 1. The molecule has 0 aliphatic heterocycles. The van der Waals surface area contributed by atoms with Gasteiger partial charge in [0.05, 0.1) is 18.6 Å². The van der Waals surface area contributed by atoms with Gasteiger partial charge in [-0.25, -0.2) is 10.4 Å². The summed E-state index contributed by atoms with van der Waals surface area (Å²) in [5, 5.41) is 14.3. The van der Waals surface area contributed by atoms with Crippen LogP contribution >= 0.6 is 11.8 Å². The number of aromatic hydroxyl groups is 1. The molecule has 26 heavy (non-hydrogen) atoms. The highest BCUT2D eigenvalue weighted by Gasteiger charge is 2.09. The number of fused-ring (bicyclic) bond motifs is 1. The number of carbonyl (C=O) groups excluding carboxylic acids is 1. The molecule has 3 aromatic rings. The number of carbonyl (C=O) groups is 1. The molecule has 0 aliphatic carbocycles. The summed E-state index contributed by atoms with van der Waals surface area (Å²) in [6.45, 7) is 2.27. The SMILES string of the molecule is CCOc1cccc(/C=N/NC(=O)CSc2nc3ccccc3o2)c1O. The minimum absolute atomic E-state index is 0.0202. The standard InChI is InChI=1S/C18H17N3O4S/c1-2-24-15-9-5-6-12(17(15)23)10-19-21-16(22)11-26-18-20-13-7-3-4-8-14(13)25-18/h3-10,23H,2,11H2,1H3,(H,21,22)/b19-10+. The molecule has 2 aromatic carbocycles. The maximum absolute atomic E-state index is 11.9. The van der Waals surface area contributed by atoms with Gasteiger partial charge in [0.2, 0.25) is 0 Å². The summed E-state index contributed by atoms with van der Waals surface area (Å²) in [5.74, 6) is 0.145. The van der Waals surface area contributed by atoms with Crippen LogP contribution in [0.1, 0.15) is 12.5 Å². The van der Waals surface area contributed by atoms with E-state index in [9.17, 15) is 9.90 Å². The molecule has 0 saturated heterocycles. The molecule has 0 bridgehead atoms. The summed E-state index contributed by atoms with van der Waals surface area (Å²) in [6.07, 6.45) is 1.36. The number of thioether (sulfide) groups is 1. The molecule has 0 unspecified atom stereocenters. The Morgan fingerprint density at radius 3 is 3.00 bits per heavy atom. The number of phenols is 1. The number of phenolic OH excluding ortho intramolecular Hbond substituents is 1. The molecule has 0 fully saturated rings. The Labute approximate surface area is 154 Å². The number of benzene rings is 2. The second-order valence-corrected chi connectivity index (χ2v) is 6.08. The number of oxazole rings is 1. The van der Waals surface area contributed by atoms with Gasteiger partial charge in [0.25, 0.3) is 11.1 Å². The van der Waals surface area contributed by atoms with Gasteiger partial charge in [-0.15, -0.1) is 0 Å². The molecule has 0 atom stereocenters. The van der Waals surface area contributed by atoms with Crippen LogP contribution in [0.25, 0.3) is 11.1 Å². The molecule has 7 nitrogen and oxygen atoms in total. The fraction of sp³-hybridized carbons (Fsp3) is 0.167. The largest absolute Gasteiger partial charge is 0.504 e. The van der Waals surface area contributed by atoms with E-state index < -0.39 is 0 Å². The second-order valence-electron chi connectivity index (χ2n) is 5.16. The van der Waals surface area contributed by atoms with Crippen LogP contribution in [0.4, 0.5) is 0 Å². The van der Waals surface area contributed by atoms with E-state index in [4.69, 9.17) is 9.15 Å². The highest BCUT2D eigenvalue weighted by atomic mass is 32.2. The first-order chi connectivity index (χ1) is 12.7. The smallest absolute Gasteiger partial charge is 0.257 e. The van der Waals surface area contributed by atoms with E-state index in [0.717, 1.165) is 5.52 Å². The van der Waals surface area contributed by atoms with Crippen LogP contribution in [0.15, 0.2) is 57.2 Å². The van der Waals surface area contributed by atoms with Crippen molar-refractivity contribution in [2.24, 2.45) is 5.10 Å². The highest BCUT2D eigenvalue weighted by Crippen LogP contribution is 2.28. The third kappa shape index (κ3) is 4.34. The van der Waals surface area contributed by atoms with E-state index in [-0.39, 0.29) is 17.4 Å². The van der Waals surface area contributed by atoms with Crippen molar-refractivity contribution in [2.75, 3.05) is 12.4 Å². The van der Waals surface area contributed by atoms with Crippen LogP contribution in [0.3, 0.4) is 0 Å². The van der Waals surface area contributed by atoms with Crippen molar-refractivity contribution in [3.05, 3.63) is 48.0 Å². The van der Waals surface area contributed by atoms with Crippen LogP contribution in [-0.4, -0.2) is 34.6 Å². The third-order valence-electron chi connectivity index (χ3n) is 3.32. The zero-order valence-electron chi connectivity index (χ0n) is 14.0. The molecule has 1 amide bonds. The van der Waals surface area contributed by atoms with Crippen LogP contribution in [0, 0.1) is 0 Å². The number of nitrogens with one attached hydrogen (secondary N) is 1. The van der Waals surface area contributed by atoms with Gasteiger partial charge in [-0.2, -0.15) is 5.10 Å². The Balaban J connectivity index is 1.54. The molecule has 2 N–H and O–H groups in total. The zero-order valence-corrected chi connectivity index (χ0v) is 14.8. The summed E-state index contributed by atoms with van der Waals surface area (Å²) in [7, 11) is 0. The van der Waals surface area contributed by atoms with E-state index in [1.165, 1.54) is 18.0 Å². The number of hydrazone groups is 1. The van der Waals surface area contributed by atoms with Gasteiger partial charge in [-0.3, -0.25) is 4.79 Å². The second kappa shape index (κ2) is 8.39. The fourth-order valence-electron chi connectivity index (χ4n) is 2.16. The maximum atomic E-state index is 11.9. The molecule has 0 saturated carbocycles. The Bertz CT molecular complexity index is 906. The predicted molar refractivity (Wildman–Crippen MR) is 99.7 cm³/mol. The fourth-order valence-corrected chi connectivity index (χ4v) is 2.79. The summed E-state index contributed by atoms with van der Waals surface area (Å²) < 4.78 is 10.8. The molecule has 1 aromatic heterocycles. The molecular formula is C18H17N3O4S. The van der Waals surface area contributed by atoms with E-state index in [1.807, 2.05) is 31.2 Å². The average Bonchev–Trinajstić information content (AvgIpc) is 3.06. The van der Waals surface area contributed by atoms with Gasteiger partial charge in [0, 0.05) is 5.56 Å². The van der Waals surface area contributed by atoms with Gasteiger partial charge >= 0.3 is 0 Å². The van der Waals surface area contributed by atoms with Crippen LogP contribution in [0.2, 0.25) is 0 Å². The first kappa shape index (κ1) is 17.8. The average molecular weight is 371 g/mol. The molecule has 0 radical (unpaired) electrons. The van der Waals surface area contributed by atoms with E-state index in [0.29, 0.717) is 28.7 Å². The first-order valence-corrected chi connectivity index (χ1v) is 8.91. The molecule has 0 aliphatic rings. The van der Waals surface area contributed by atoms with Crippen LogP contribution in [-0.2, 0) is 4.79 Å². The van der Waals surface area contributed by atoms with Crippen molar-refractivity contribution in [3.63, 3.8) is 0 Å². The lowest BCUT2D eigenvalue weighted by Crippen LogP contribution is -2.19. The van der Waals surface area contributed by atoms with E-state index in [1.54, 1.807) is 18.2 Å². The highest BCUT2D eigenvalue weighted by molar-refractivity contribution is 7.99. The molecular weight excluding hydrogens is 354 g/mol. The number of amides is 1. The van der Waals surface area contributed by atoms with Crippen molar-refractivity contribution in [1.29, 1.82) is 0 Å². The predicted octanol–water partition coefficient (Wildman–Crippen LogP) is 3.17. The number of rotatable bonds is 7. The Kier molecular flexibility index (Phi) is 5.75. The number of hydrogen-bond donors (Lipinski definition) is 2. The van der Waals surface area contributed by atoms with Crippen molar-refractivity contribution >= 4 is 35.0 Å². The van der Waals surface area contributed by atoms with Gasteiger partial charge in [0.15, 0.2) is 17.1 Å². The van der Waals surface area contributed by atoms with E-state index >= 15 is 0 Å². The summed E-state index contributed by atoms with van der Waals surface area (Å²) in [6, 6.07) is 12.5. The summed E-state index contributed by atoms with van der Waals surface area (Å²) in [5.41, 5.74) is 4.28. The molecule has 1 heterocycles. The molecule has 3 rings (SSSR count). The number of para-hydroxylation sites is 3. The van der Waals surface area contributed by atoms with E-state index in [2.05, 4.69) is 15.5 Å². The minimum Gasteiger partial charge on any atom is -0.504 e. The van der Waals surface area contributed by atoms with Crippen molar-refractivity contribution < 1.29 is 19.1 Å². The van der Waals surface area contributed by atoms with Crippen LogP contribution in [0.5, 0.6) is 11.5 Å². The minimum atomic E-state index is -0.311. The van der Waals surface area contributed by atoms with Crippen molar-refractivity contribution in [2.45, 2.75) is 12.1 Å². The third-order valence-corrected chi connectivity index (χ3v) is 4.15. The maximum Gasteiger partial charge on any atom is 0.257 e. The molecule has 0 spiro atoms. The lowest BCUT2D eigenvalue weighted by atomic mass is 10.2. The lowest BCUT2D eigenvalue weighted by molar-refractivity contribution is -0.118. The Morgan fingerprint density at radius 2 is 2.19 bits per heavy atom. The summed E-state index contributed by atoms with van der Waals surface area (Å²) in [4.78, 5) is 16.2. The van der Waals surface area contributed by atoms with Crippen molar-refractivity contribution in [1.82, 2.24) is 10.4 Å². The van der Waals surface area contributed by atoms with Gasteiger partial charge in [-0.05, 0) is 31.2 Å². The first-order valence-electron chi connectivity index (χ1n) is 7.92. The Morgan fingerprint density at radius 1 is 1.35 bits per heavy atom.